The van der Waals surface area contributed by atoms with E-state index in [9.17, 15) is 9.18 Å². The third-order valence-electron chi connectivity index (χ3n) is 2.66. The van der Waals surface area contributed by atoms with Gasteiger partial charge in [0, 0.05) is 19.3 Å². The van der Waals surface area contributed by atoms with Crippen LogP contribution in [0.4, 0.5) is 4.39 Å². The molecule has 1 aromatic rings. The summed E-state index contributed by atoms with van der Waals surface area (Å²) in [5.74, 6) is -0.690. The predicted molar refractivity (Wildman–Crippen MR) is 66.0 cm³/mol. The van der Waals surface area contributed by atoms with Crippen molar-refractivity contribution in [2.45, 2.75) is 19.4 Å². The number of nitrogens with one attached hydrogen (secondary N) is 1. The molecular formula is C13H18FNO3. The lowest BCUT2D eigenvalue weighted by Crippen LogP contribution is -2.38. The van der Waals surface area contributed by atoms with Gasteiger partial charge in [-0.15, -0.1) is 0 Å². The lowest BCUT2D eigenvalue weighted by molar-refractivity contribution is 0.0894. The molecule has 0 spiro atoms. The first-order chi connectivity index (χ1) is 8.58. The average Bonchev–Trinajstić information content (AvgIpc) is 2.34. The quantitative estimate of drug-likeness (QED) is 0.804. The van der Waals surface area contributed by atoms with Crippen LogP contribution in [0.3, 0.4) is 0 Å². The SMILES string of the molecule is COCC[C@H](CO)NC(=O)c1ccc(F)cc1C. The van der Waals surface area contributed by atoms with E-state index in [1.165, 1.54) is 18.2 Å². The maximum atomic E-state index is 12.9. The number of benzene rings is 1. The first-order valence-corrected chi connectivity index (χ1v) is 5.75. The summed E-state index contributed by atoms with van der Waals surface area (Å²) in [6, 6.07) is 3.62. The van der Waals surface area contributed by atoms with Gasteiger partial charge in [0.15, 0.2) is 0 Å². The monoisotopic (exact) mass is 255 g/mol. The van der Waals surface area contributed by atoms with Crippen molar-refractivity contribution in [1.29, 1.82) is 0 Å². The predicted octanol–water partition coefficient (Wildman–Crippen LogP) is 1.26. The summed E-state index contributed by atoms with van der Waals surface area (Å²) in [7, 11) is 1.56. The van der Waals surface area contributed by atoms with E-state index in [-0.39, 0.29) is 24.4 Å². The Bertz CT molecular complexity index is 409. The number of methoxy groups -OCH3 is 1. The number of amides is 1. The Hall–Kier alpha value is -1.46. The second-order valence-corrected chi connectivity index (χ2v) is 4.09. The molecule has 1 rings (SSSR count). The lowest BCUT2D eigenvalue weighted by atomic mass is 10.1. The Labute approximate surface area is 106 Å². The fourth-order valence-electron chi connectivity index (χ4n) is 1.61. The molecular weight excluding hydrogens is 237 g/mol. The minimum atomic E-state index is -0.373. The molecule has 1 aromatic carbocycles. The van der Waals surface area contributed by atoms with Crippen molar-refractivity contribution in [2.75, 3.05) is 20.3 Å². The molecule has 0 fully saturated rings. The van der Waals surface area contributed by atoms with Crippen LogP contribution in [0.5, 0.6) is 0 Å². The van der Waals surface area contributed by atoms with Gasteiger partial charge in [-0.2, -0.15) is 0 Å². The van der Waals surface area contributed by atoms with Crippen LogP contribution < -0.4 is 5.32 Å². The number of ether oxygens (including phenoxy) is 1. The molecule has 0 bridgehead atoms. The molecule has 2 N–H and O–H groups in total. The van der Waals surface area contributed by atoms with E-state index < -0.39 is 0 Å². The zero-order valence-electron chi connectivity index (χ0n) is 10.6. The highest BCUT2D eigenvalue weighted by Crippen LogP contribution is 2.10. The summed E-state index contributed by atoms with van der Waals surface area (Å²) in [6.07, 6.45) is 0.527. The van der Waals surface area contributed by atoms with Crippen LogP contribution >= 0.6 is 0 Å². The smallest absolute Gasteiger partial charge is 0.251 e. The minimum absolute atomic E-state index is 0.157. The number of hydrogen-bond acceptors (Lipinski definition) is 3. The van der Waals surface area contributed by atoms with Gasteiger partial charge in [-0.1, -0.05) is 0 Å². The van der Waals surface area contributed by atoms with E-state index >= 15 is 0 Å². The molecule has 1 atom stereocenters. The van der Waals surface area contributed by atoms with Crippen molar-refractivity contribution in [2.24, 2.45) is 0 Å². The standard InChI is InChI=1S/C13H18FNO3/c1-9-7-10(14)3-4-12(9)13(17)15-11(8-16)5-6-18-2/h3-4,7,11,16H,5-6,8H2,1-2H3,(H,15,17)/t11-/m1/s1. The number of aryl methyl sites for hydroxylation is 1. The Balaban J connectivity index is 2.68. The van der Waals surface area contributed by atoms with Gasteiger partial charge in [0.1, 0.15) is 5.82 Å². The topological polar surface area (TPSA) is 58.6 Å². The van der Waals surface area contributed by atoms with Gasteiger partial charge in [-0.3, -0.25) is 4.79 Å². The van der Waals surface area contributed by atoms with Crippen LogP contribution in [0.25, 0.3) is 0 Å². The summed E-state index contributed by atoms with van der Waals surface area (Å²) in [4.78, 5) is 11.9. The van der Waals surface area contributed by atoms with Crippen LogP contribution in [0.15, 0.2) is 18.2 Å². The second-order valence-electron chi connectivity index (χ2n) is 4.09. The van der Waals surface area contributed by atoms with E-state index in [1.807, 2.05) is 0 Å². The molecule has 0 aromatic heterocycles. The lowest BCUT2D eigenvalue weighted by Gasteiger charge is -2.16. The van der Waals surface area contributed by atoms with Gasteiger partial charge in [-0.25, -0.2) is 4.39 Å². The Morgan fingerprint density at radius 2 is 2.28 bits per heavy atom. The first kappa shape index (κ1) is 14.6. The largest absolute Gasteiger partial charge is 0.394 e. The highest BCUT2D eigenvalue weighted by Gasteiger charge is 2.14. The van der Waals surface area contributed by atoms with Crippen LogP contribution in [0.2, 0.25) is 0 Å². The Kier molecular flexibility index (Phi) is 5.74. The van der Waals surface area contributed by atoms with Crippen LogP contribution in [-0.2, 0) is 4.74 Å². The number of aliphatic hydroxyl groups is 1. The third-order valence-corrected chi connectivity index (χ3v) is 2.66. The van der Waals surface area contributed by atoms with Crippen molar-refractivity contribution >= 4 is 5.91 Å². The van der Waals surface area contributed by atoms with Crippen LogP contribution in [0.1, 0.15) is 22.3 Å². The van der Waals surface area contributed by atoms with Crippen LogP contribution in [0, 0.1) is 12.7 Å². The van der Waals surface area contributed by atoms with E-state index in [2.05, 4.69) is 5.32 Å². The van der Waals surface area contributed by atoms with Gasteiger partial charge >= 0.3 is 0 Å². The maximum Gasteiger partial charge on any atom is 0.251 e. The molecule has 0 aliphatic rings. The van der Waals surface area contributed by atoms with Crippen molar-refractivity contribution in [3.63, 3.8) is 0 Å². The molecule has 5 heteroatoms. The highest BCUT2D eigenvalue weighted by atomic mass is 19.1. The normalized spacial score (nSPS) is 12.2. The number of rotatable bonds is 6. The Morgan fingerprint density at radius 3 is 2.83 bits per heavy atom. The van der Waals surface area contributed by atoms with Crippen molar-refractivity contribution in [3.8, 4) is 0 Å². The average molecular weight is 255 g/mol. The van der Waals surface area contributed by atoms with E-state index in [0.717, 1.165) is 0 Å². The number of halogens is 1. The molecule has 1 amide bonds. The van der Waals surface area contributed by atoms with Crippen molar-refractivity contribution in [3.05, 3.63) is 35.1 Å². The second kappa shape index (κ2) is 7.08. The fraction of sp³-hybridized carbons (Fsp3) is 0.462. The molecule has 4 nitrogen and oxygen atoms in total. The number of carbonyl (C=O) groups is 1. The third kappa shape index (κ3) is 4.09. The van der Waals surface area contributed by atoms with E-state index in [0.29, 0.717) is 24.2 Å². The molecule has 0 heterocycles. The Morgan fingerprint density at radius 1 is 1.56 bits per heavy atom. The molecule has 0 aliphatic heterocycles. The number of aliphatic hydroxyl groups excluding tert-OH is 1. The van der Waals surface area contributed by atoms with Crippen molar-refractivity contribution < 1.29 is 19.0 Å². The molecule has 0 saturated carbocycles. The summed E-state index contributed by atoms with van der Waals surface area (Å²) < 4.78 is 17.8. The number of hydrogen-bond donors (Lipinski definition) is 2. The number of carbonyl (C=O) groups excluding carboxylic acids is 1. The van der Waals surface area contributed by atoms with E-state index in [4.69, 9.17) is 9.84 Å². The summed E-state index contributed by atoms with van der Waals surface area (Å²) in [5.41, 5.74) is 0.975. The van der Waals surface area contributed by atoms with Gasteiger partial charge in [0.05, 0.1) is 12.6 Å². The van der Waals surface area contributed by atoms with Gasteiger partial charge < -0.3 is 15.2 Å². The first-order valence-electron chi connectivity index (χ1n) is 5.75. The molecule has 0 unspecified atom stereocenters. The molecule has 0 radical (unpaired) electrons. The zero-order chi connectivity index (χ0) is 13.5. The van der Waals surface area contributed by atoms with Crippen LogP contribution in [-0.4, -0.2) is 37.4 Å². The summed E-state index contributed by atoms with van der Waals surface area (Å²) in [5, 5.41) is 11.8. The molecule has 0 aliphatic carbocycles. The minimum Gasteiger partial charge on any atom is -0.394 e. The zero-order valence-corrected chi connectivity index (χ0v) is 10.6. The van der Waals surface area contributed by atoms with Gasteiger partial charge in [0.2, 0.25) is 0 Å². The maximum absolute atomic E-state index is 12.9. The van der Waals surface area contributed by atoms with E-state index in [1.54, 1.807) is 14.0 Å². The highest BCUT2D eigenvalue weighted by molar-refractivity contribution is 5.95. The molecule has 18 heavy (non-hydrogen) atoms. The fourth-order valence-corrected chi connectivity index (χ4v) is 1.61. The van der Waals surface area contributed by atoms with Gasteiger partial charge in [0.25, 0.3) is 5.91 Å². The molecule has 100 valence electrons. The van der Waals surface area contributed by atoms with Gasteiger partial charge in [-0.05, 0) is 37.1 Å². The van der Waals surface area contributed by atoms with Crippen molar-refractivity contribution in [1.82, 2.24) is 5.32 Å². The molecule has 0 saturated heterocycles. The summed E-state index contributed by atoms with van der Waals surface area (Å²) in [6.45, 7) is 1.96. The summed E-state index contributed by atoms with van der Waals surface area (Å²) >= 11 is 0.